The van der Waals surface area contributed by atoms with Crippen molar-refractivity contribution in [2.24, 2.45) is 11.8 Å². The molecule has 56 heavy (non-hydrogen) atoms. The van der Waals surface area contributed by atoms with Crippen LogP contribution in [0.5, 0.6) is 0 Å². The molecule has 0 aromatic heterocycles. The first-order chi connectivity index (χ1) is 27.1. The van der Waals surface area contributed by atoms with E-state index in [0.717, 1.165) is 88.2 Å². The summed E-state index contributed by atoms with van der Waals surface area (Å²) >= 11 is 0. The molecule has 316 valence electrons. The van der Waals surface area contributed by atoms with Gasteiger partial charge in [-0.15, -0.1) is 0 Å². The van der Waals surface area contributed by atoms with Gasteiger partial charge in [0.1, 0.15) is 0 Å². The fourth-order valence-electron chi connectivity index (χ4n) is 7.11. The number of unbranched alkanes of at least 4 members (excludes halogenated alkanes) is 12. The van der Waals surface area contributed by atoms with Crippen LogP contribution in [0.2, 0.25) is 0 Å². The van der Waals surface area contributed by atoms with E-state index >= 15 is 0 Å². The molecule has 8 nitrogen and oxygen atoms in total. The van der Waals surface area contributed by atoms with Gasteiger partial charge in [0, 0.05) is 0 Å². The Kier molecular flexibility index (Phi) is 28.2. The molecule has 0 spiro atoms. The Morgan fingerprint density at radius 3 is 1.34 bits per heavy atom. The fourth-order valence-corrected chi connectivity index (χ4v) is 7.11. The average molecular weight is 781 g/mol. The number of esters is 2. The Morgan fingerprint density at radius 2 is 0.929 bits per heavy atom. The molecule has 0 aliphatic rings. The molecule has 0 radical (unpaired) electrons. The maximum atomic E-state index is 12.4. The lowest BCUT2D eigenvalue weighted by molar-refractivity contribution is 0.0450. The second-order valence-corrected chi connectivity index (χ2v) is 15.3. The topological polar surface area (TPSA) is 127 Å². The number of ether oxygens (including phenoxy) is 2. The standard InChI is InChI=1S/2C24H38O4/c1-5-9-11-17(7-3)15-19-13-14-20(23(25)26)22(24(27)28)21(19)16-18(8-4)12-10-6-2;1-3-5-7-9-11-15-19-27-23(25)21-17-13-14-18-22(21)24(26)28-20-16-12-10-8-6-4-2/h13-14,17-18H,5-12,15-16H2,1-4H3,(H,25,26)(H,27,28);13-14,17-18H,3-12,15-16,19-20H2,1-2H3. The van der Waals surface area contributed by atoms with Crippen molar-refractivity contribution in [1.29, 1.82) is 0 Å². The summed E-state index contributed by atoms with van der Waals surface area (Å²) in [4.78, 5) is 48.4. The molecular weight excluding hydrogens is 705 g/mol. The van der Waals surface area contributed by atoms with Crippen LogP contribution in [0.15, 0.2) is 36.4 Å². The molecular formula is C48H76O8. The first-order valence-electron chi connectivity index (χ1n) is 22.1. The number of rotatable bonds is 30. The van der Waals surface area contributed by atoms with Crippen LogP contribution in [0.25, 0.3) is 0 Å². The van der Waals surface area contributed by atoms with Crippen LogP contribution < -0.4 is 0 Å². The van der Waals surface area contributed by atoms with E-state index in [2.05, 4.69) is 41.5 Å². The summed E-state index contributed by atoms with van der Waals surface area (Å²) in [7, 11) is 0. The SMILES string of the molecule is CCCCC(CC)Cc1ccc(C(=O)O)c(C(=O)O)c1CC(CC)CCCC.CCCCCCCCOC(=O)c1ccccc1C(=O)OCCCCCCCC. The van der Waals surface area contributed by atoms with E-state index in [0.29, 0.717) is 42.6 Å². The predicted molar refractivity (Wildman–Crippen MR) is 228 cm³/mol. The van der Waals surface area contributed by atoms with Crippen molar-refractivity contribution in [3.05, 3.63) is 69.8 Å². The molecule has 2 aromatic rings. The third-order valence-electron chi connectivity index (χ3n) is 10.8. The van der Waals surface area contributed by atoms with Gasteiger partial charge in [0.2, 0.25) is 0 Å². The van der Waals surface area contributed by atoms with E-state index in [4.69, 9.17) is 9.47 Å². The van der Waals surface area contributed by atoms with Gasteiger partial charge in [-0.2, -0.15) is 0 Å². The van der Waals surface area contributed by atoms with Crippen molar-refractivity contribution < 1.29 is 38.9 Å². The van der Waals surface area contributed by atoms with E-state index in [-0.39, 0.29) is 11.1 Å². The number of hydrogen-bond donors (Lipinski definition) is 2. The summed E-state index contributed by atoms with van der Waals surface area (Å²) < 4.78 is 10.7. The number of carbonyl (C=O) groups excluding carboxylic acids is 2. The molecule has 2 unspecified atom stereocenters. The van der Waals surface area contributed by atoms with Crippen molar-refractivity contribution in [2.45, 2.75) is 183 Å². The molecule has 0 aliphatic heterocycles. The largest absolute Gasteiger partial charge is 0.478 e. The molecule has 2 N–H and O–H groups in total. The van der Waals surface area contributed by atoms with E-state index < -0.39 is 23.9 Å². The van der Waals surface area contributed by atoms with Gasteiger partial charge in [0.05, 0.1) is 35.5 Å². The quantitative estimate of drug-likeness (QED) is 0.0592. The van der Waals surface area contributed by atoms with E-state index in [1.54, 1.807) is 24.3 Å². The molecule has 0 aliphatic carbocycles. The highest BCUT2D eigenvalue weighted by Gasteiger charge is 2.25. The second-order valence-electron chi connectivity index (χ2n) is 15.3. The molecule has 2 aromatic carbocycles. The smallest absolute Gasteiger partial charge is 0.339 e. The summed E-state index contributed by atoms with van der Waals surface area (Å²) in [6.45, 7) is 13.8. The highest BCUT2D eigenvalue weighted by molar-refractivity contribution is 6.03. The van der Waals surface area contributed by atoms with Gasteiger partial charge in [0.25, 0.3) is 0 Å². The van der Waals surface area contributed by atoms with Crippen molar-refractivity contribution in [1.82, 2.24) is 0 Å². The summed E-state index contributed by atoms with van der Waals surface area (Å²) in [6, 6.07) is 10.1. The summed E-state index contributed by atoms with van der Waals surface area (Å²) in [6.07, 6.45) is 23.9. The van der Waals surface area contributed by atoms with Crippen molar-refractivity contribution >= 4 is 23.9 Å². The van der Waals surface area contributed by atoms with Crippen molar-refractivity contribution in [3.8, 4) is 0 Å². The van der Waals surface area contributed by atoms with Gasteiger partial charge in [-0.25, -0.2) is 19.2 Å². The van der Waals surface area contributed by atoms with Crippen LogP contribution in [-0.4, -0.2) is 47.3 Å². The molecule has 0 fully saturated rings. The number of carboxylic acids is 2. The average Bonchev–Trinajstić information content (AvgIpc) is 3.20. The van der Waals surface area contributed by atoms with Crippen LogP contribution in [0, 0.1) is 11.8 Å². The third-order valence-corrected chi connectivity index (χ3v) is 10.8. The minimum Gasteiger partial charge on any atom is -0.478 e. The monoisotopic (exact) mass is 781 g/mol. The van der Waals surface area contributed by atoms with Crippen LogP contribution in [0.4, 0.5) is 0 Å². The molecule has 0 bridgehead atoms. The zero-order valence-electron chi connectivity index (χ0n) is 35.9. The summed E-state index contributed by atoms with van der Waals surface area (Å²) in [5, 5.41) is 19.4. The zero-order valence-corrected chi connectivity index (χ0v) is 35.9. The normalized spacial score (nSPS) is 12.0. The van der Waals surface area contributed by atoms with Gasteiger partial charge in [-0.1, -0.05) is 175 Å². The number of carboxylic acid groups (broad SMARTS) is 2. The Hall–Kier alpha value is -3.68. The minimum absolute atomic E-state index is 0.00490. The van der Waals surface area contributed by atoms with E-state index in [9.17, 15) is 29.4 Å². The Labute approximate surface area is 339 Å². The molecule has 0 saturated heterocycles. The highest BCUT2D eigenvalue weighted by atomic mass is 16.5. The number of hydrogen-bond acceptors (Lipinski definition) is 6. The number of aromatic carboxylic acids is 2. The van der Waals surface area contributed by atoms with Crippen LogP contribution >= 0.6 is 0 Å². The zero-order chi connectivity index (χ0) is 41.6. The van der Waals surface area contributed by atoms with Gasteiger partial charge in [-0.05, 0) is 66.8 Å². The van der Waals surface area contributed by atoms with Gasteiger partial charge >= 0.3 is 23.9 Å². The van der Waals surface area contributed by atoms with Crippen LogP contribution in [-0.2, 0) is 22.3 Å². The van der Waals surface area contributed by atoms with Crippen molar-refractivity contribution in [3.63, 3.8) is 0 Å². The Morgan fingerprint density at radius 1 is 0.500 bits per heavy atom. The van der Waals surface area contributed by atoms with Crippen LogP contribution in [0.1, 0.15) is 223 Å². The Bertz CT molecular complexity index is 1350. The van der Waals surface area contributed by atoms with Crippen LogP contribution in [0.3, 0.4) is 0 Å². The predicted octanol–water partition coefficient (Wildman–Crippen LogP) is 13.3. The maximum Gasteiger partial charge on any atom is 0.339 e. The molecule has 0 heterocycles. The van der Waals surface area contributed by atoms with Crippen molar-refractivity contribution in [2.75, 3.05) is 13.2 Å². The summed E-state index contributed by atoms with van der Waals surface area (Å²) in [5.41, 5.74) is 2.29. The Balaban J connectivity index is 0.000000560. The lowest BCUT2D eigenvalue weighted by Crippen LogP contribution is -2.18. The second kappa shape index (κ2) is 31.4. The van der Waals surface area contributed by atoms with Gasteiger partial charge < -0.3 is 19.7 Å². The maximum absolute atomic E-state index is 12.4. The minimum atomic E-state index is -1.16. The van der Waals surface area contributed by atoms with E-state index in [1.807, 2.05) is 6.07 Å². The fraction of sp³-hybridized carbons (Fsp3) is 0.667. The number of carbonyl (C=O) groups is 4. The molecule has 2 rings (SSSR count). The molecule has 2 atom stereocenters. The third kappa shape index (κ3) is 20.0. The highest BCUT2D eigenvalue weighted by Crippen LogP contribution is 2.30. The molecule has 0 amide bonds. The first kappa shape index (κ1) is 50.3. The van der Waals surface area contributed by atoms with Gasteiger partial charge in [0.15, 0.2) is 0 Å². The molecule has 0 saturated carbocycles. The summed E-state index contributed by atoms with van der Waals surface area (Å²) in [5.74, 6) is -2.28. The first-order valence-corrected chi connectivity index (χ1v) is 22.1. The lowest BCUT2D eigenvalue weighted by Gasteiger charge is -2.23. The van der Waals surface area contributed by atoms with E-state index in [1.165, 1.54) is 63.9 Å². The lowest BCUT2D eigenvalue weighted by atomic mass is 9.82. The molecule has 8 heteroatoms. The number of benzene rings is 2. The van der Waals surface area contributed by atoms with Gasteiger partial charge in [-0.3, -0.25) is 0 Å².